The van der Waals surface area contributed by atoms with Crippen molar-refractivity contribution in [2.24, 2.45) is 0 Å². The van der Waals surface area contributed by atoms with Crippen LogP contribution >= 0.6 is 12.2 Å². The second kappa shape index (κ2) is 3.81. The summed E-state index contributed by atoms with van der Waals surface area (Å²) in [6, 6.07) is 0. The second-order valence-corrected chi connectivity index (χ2v) is 1.47. The molecular weight excluding hydrogens is 108 g/mol. The van der Waals surface area contributed by atoms with Gasteiger partial charge in [-0.2, -0.15) is 0 Å². The number of hydrogen-bond donors (Lipinski definition) is 0. The van der Waals surface area contributed by atoms with Crippen LogP contribution in [0.15, 0.2) is 12.8 Å². The molecule has 0 heterocycles. The molecule has 7 heavy (non-hydrogen) atoms. The molecule has 0 aliphatic rings. The molecule has 0 radical (unpaired) electrons. The van der Waals surface area contributed by atoms with Crippen LogP contribution in [0.3, 0.4) is 0 Å². The van der Waals surface area contributed by atoms with Gasteiger partial charge in [-0.15, -0.1) is 0 Å². The summed E-state index contributed by atoms with van der Waals surface area (Å²) in [6.45, 7) is 5.28. The minimum Gasteiger partial charge on any atom is -0.459 e. The van der Waals surface area contributed by atoms with Gasteiger partial charge in [0.15, 0.2) is 5.05 Å². The molecule has 0 rings (SSSR count). The van der Waals surface area contributed by atoms with Crippen LogP contribution in [-0.4, -0.2) is 5.05 Å². The fraction of sp³-hybridized carbons (Fsp3) is 0.400. The van der Waals surface area contributed by atoms with E-state index in [-0.39, 0.29) is 0 Å². The molecule has 0 amide bonds. The van der Waals surface area contributed by atoms with E-state index in [0.717, 1.165) is 6.42 Å². The fourth-order valence-corrected chi connectivity index (χ4v) is 0.244. The molecule has 0 fully saturated rings. The first-order chi connectivity index (χ1) is 3.31. The molecule has 0 aromatic carbocycles. The molecule has 0 aliphatic carbocycles. The molecule has 0 aromatic heterocycles. The topological polar surface area (TPSA) is 9.23 Å². The lowest BCUT2D eigenvalue weighted by atomic mass is 10.5. The monoisotopic (exact) mass is 116 g/mol. The summed E-state index contributed by atoms with van der Waals surface area (Å²) in [4.78, 5) is 0. The van der Waals surface area contributed by atoms with Crippen LogP contribution in [0.4, 0.5) is 0 Å². The summed E-state index contributed by atoms with van der Waals surface area (Å²) in [6.07, 6.45) is 2.12. The van der Waals surface area contributed by atoms with Gasteiger partial charge in [-0.05, 0) is 12.2 Å². The third kappa shape index (κ3) is 3.46. The molecule has 0 atom stereocenters. The second-order valence-electron chi connectivity index (χ2n) is 1.01. The molecular formula is C5H8OS. The Balaban J connectivity index is 3.17. The summed E-state index contributed by atoms with van der Waals surface area (Å²) < 4.78 is 4.69. The van der Waals surface area contributed by atoms with Gasteiger partial charge in [0.2, 0.25) is 0 Å². The maximum Gasteiger partial charge on any atom is 0.166 e. The van der Waals surface area contributed by atoms with Gasteiger partial charge >= 0.3 is 0 Å². The van der Waals surface area contributed by atoms with Gasteiger partial charge in [0.25, 0.3) is 0 Å². The van der Waals surface area contributed by atoms with Gasteiger partial charge in [0.1, 0.15) is 0 Å². The molecule has 0 aromatic rings. The SMILES string of the molecule is C=COC(=S)CC. The van der Waals surface area contributed by atoms with Crippen LogP contribution in [-0.2, 0) is 4.74 Å². The Morgan fingerprint density at radius 3 is 2.71 bits per heavy atom. The Morgan fingerprint density at radius 2 is 2.57 bits per heavy atom. The van der Waals surface area contributed by atoms with Gasteiger partial charge in [-0.3, -0.25) is 0 Å². The highest BCUT2D eigenvalue weighted by atomic mass is 32.1. The van der Waals surface area contributed by atoms with Crippen molar-refractivity contribution >= 4 is 17.3 Å². The van der Waals surface area contributed by atoms with Gasteiger partial charge in [-0.1, -0.05) is 13.5 Å². The molecule has 0 aliphatic heterocycles. The van der Waals surface area contributed by atoms with E-state index >= 15 is 0 Å². The maximum absolute atomic E-state index is 4.69. The van der Waals surface area contributed by atoms with Gasteiger partial charge in [-0.25, -0.2) is 0 Å². The molecule has 2 heteroatoms. The molecule has 0 saturated carbocycles. The molecule has 0 saturated heterocycles. The predicted molar refractivity (Wildman–Crippen MR) is 34.2 cm³/mol. The third-order valence-corrected chi connectivity index (χ3v) is 0.888. The maximum atomic E-state index is 4.69. The van der Waals surface area contributed by atoms with Crippen molar-refractivity contribution in [2.45, 2.75) is 13.3 Å². The van der Waals surface area contributed by atoms with E-state index in [2.05, 4.69) is 23.5 Å². The number of ether oxygens (including phenoxy) is 1. The van der Waals surface area contributed by atoms with Crippen LogP contribution in [0.2, 0.25) is 0 Å². The molecule has 1 nitrogen and oxygen atoms in total. The lowest BCUT2D eigenvalue weighted by molar-refractivity contribution is 0.475. The number of thiocarbonyl (C=S) groups is 1. The quantitative estimate of drug-likeness (QED) is 0.402. The first kappa shape index (κ1) is 6.63. The van der Waals surface area contributed by atoms with Crippen molar-refractivity contribution in [2.75, 3.05) is 0 Å². The summed E-state index contributed by atoms with van der Waals surface area (Å²) in [5, 5.41) is 0.593. The summed E-state index contributed by atoms with van der Waals surface area (Å²) in [5.41, 5.74) is 0. The molecule has 0 N–H and O–H groups in total. The summed E-state index contributed by atoms with van der Waals surface area (Å²) in [7, 11) is 0. The van der Waals surface area contributed by atoms with Crippen LogP contribution in [0.1, 0.15) is 13.3 Å². The summed E-state index contributed by atoms with van der Waals surface area (Å²) in [5.74, 6) is 0. The number of hydrogen-bond acceptors (Lipinski definition) is 2. The Hall–Kier alpha value is -0.370. The van der Waals surface area contributed by atoms with Crippen LogP contribution in [0.25, 0.3) is 0 Å². The molecule has 0 spiro atoms. The van der Waals surface area contributed by atoms with E-state index in [1.807, 2.05) is 6.92 Å². The molecule has 0 bridgehead atoms. The predicted octanol–water partition coefficient (Wildman–Crippen LogP) is 1.88. The Kier molecular flexibility index (Phi) is 3.61. The molecule has 40 valence electrons. The fourth-order valence-electron chi connectivity index (χ4n) is 0.176. The lowest BCUT2D eigenvalue weighted by Crippen LogP contribution is -1.90. The van der Waals surface area contributed by atoms with E-state index < -0.39 is 0 Å². The Morgan fingerprint density at radius 1 is 2.00 bits per heavy atom. The highest BCUT2D eigenvalue weighted by Gasteiger charge is 1.83. The average Bonchev–Trinajstić information content (AvgIpc) is 1.68. The van der Waals surface area contributed by atoms with E-state index in [9.17, 15) is 0 Å². The Bertz CT molecular complexity index is 78.1. The van der Waals surface area contributed by atoms with Crippen molar-refractivity contribution in [1.82, 2.24) is 0 Å². The van der Waals surface area contributed by atoms with E-state index in [0.29, 0.717) is 5.05 Å². The van der Waals surface area contributed by atoms with Crippen molar-refractivity contribution in [3.05, 3.63) is 12.8 Å². The number of rotatable bonds is 2. The third-order valence-electron chi connectivity index (χ3n) is 0.503. The van der Waals surface area contributed by atoms with Crippen molar-refractivity contribution in [3.8, 4) is 0 Å². The zero-order chi connectivity index (χ0) is 5.70. The highest BCUT2D eigenvalue weighted by molar-refractivity contribution is 7.80. The van der Waals surface area contributed by atoms with E-state index in [1.54, 1.807) is 0 Å². The average molecular weight is 116 g/mol. The van der Waals surface area contributed by atoms with Gasteiger partial charge in [0, 0.05) is 6.42 Å². The summed E-state index contributed by atoms with van der Waals surface area (Å²) >= 11 is 4.66. The highest BCUT2D eigenvalue weighted by Crippen LogP contribution is 1.86. The van der Waals surface area contributed by atoms with E-state index in [1.165, 1.54) is 6.26 Å². The lowest BCUT2D eigenvalue weighted by Gasteiger charge is -1.93. The van der Waals surface area contributed by atoms with Crippen molar-refractivity contribution in [3.63, 3.8) is 0 Å². The van der Waals surface area contributed by atoms with Crippen molar-refractivity contribution in [1.29, 1.82) is 0 Å². The zero-order valence-electron chi connectivity index (χ0n) is 4.31. The van der Waals surface area contributed by atoms with E-state index in [4.69, 9.17) is 0 Å². The van der Waals surface area contributed by atoms with Crippen LogP contribution in [0, 0.1) is 0 Å². The van der Waals surface area contributed by atoms with Crippen LogP contribution in [0.5, 0.6) is 0 Å². The zero-order valence-corrected chi connectivity index (χ0v) is 5.12. The first-order valence-corrected chi connectivity index (χ1v) is 2.52. The normalized spacial score (nSPS) is 7.57. The van der Waals surface area contributed by atoms with Crippen LogP contribution < -0.4 is 0 Å². The Labute approximate surface area is 49.0 Å². The van der Waals surface area contributed by atoms with Gasteiger partial charge < -0.3 is 4.74 Å². The van der Waals surface area contributed by atoms with Gasteiger partial charge in [0.05, 0.1) is 6.26 Å². The molecule has 0 unspecified atom stereocenters. The first-order valence-electron chi connectivity index (χ1n) is 2.11. The van der Waals surface area contributed by atoms with Crippen molar-refractivity contribution < 1.29 is 4.74 Å². The standard InChI is InChI=1S/C5H8OS/c1-3-5(7)6-4-2/h4H,2-3H2,1H3. The minimum absolute atomic E-state index is 0.593. The largest absolute Gasteiger partial charge is 0.459 e. The minimum atomic E-state index is 0.593. The smallest absolute Gasteiger partial charge is 0.166 e.